The molecule has 4 rings (SSSR count). The number of phenols is 1. The highest BCUT2D eigenvalue weighted by atomic mass is 19.4. The van der Waals surface area contributed by atoms with Gasteiger partial charge in [0.25, 0.3) is 0 Å². The molecule has 28 heavy (non-hydrogen) atoms. The molecule has 0 unspecified atom stereocenters. The molecule has 1 fully saturated rings. The van der Waals surface area contributed by atoms with Gasteiger partial charge in [-0.25, -0.2) is 0 Å². The van der Waals surface area contributed by atoms with Crippen molar-refractivity contribution >= 4 is 10.9 Å². The Balaban J connectivity index is 1.81. The number of hydrogen-bond donors (Lipinski definition) is 2. The summed E-state index contributed by atoms with van der Waals surface area (Å²) in [7, 11) is 0. The van der Waals surface area contributed by atoms with Crippen LogP contribution in [0.1, 0.15) is 22.7 Å². The summed E-state index contributed by atoms with van der Waals surface area (Å²) in [5, 5.41) is 11.7. The fourth-order valence-electron chi connectivity index (χ4n) is 3.80. The lowest BCUT2D eigenvalue weighted by atomic mass is 9.94. The lowest BCUT2D eigenvalue weighted by molar-refractivity contribution is -0.933. The van der Waals surface area contributed by atoms with Crippen LogP contribution in [0.3, 0.4) is 0 Å². The smallest absolute Gasteiger partial charge is 0.416 e. The van der Waals surface area contributed by atoms with E-state index >= 15 is 0 Å². The van der Waals surface area contributed by atoms with Crippen molar-refractivity contribution < 1.29 is 27.9 Å². The number of halogens is 3. The van der Waals surface area contributed by atoms with Crippen LogP contribution >= 0.6 is 0 Å². The van der Waals surface area contributed by atoms with E-state index in [9.17, 15) is 18.3 Å². The zero-order chi connectivity index (χ0) is 19.7. The first-order valence-electron chi connectivity index (χ1n) is 9.11. The van der Waals surface area contributed by atoms with Crippen LogP contribution in [0.15, 0.2) is 54.7 Å². The van der Waals surface area contributed by atoms with E-state index in [2.05, 4.69) is 4.98 Å². The molecule has 0 bridgehead atoms. The zero-order valence-corrected chi connectivity index (χ0v) is 15.0. The molecule has 1 aliphatic rings. The number of aromatic nitrogens is 1. The largest absolute Gasteiger partial charge is 0.505 e. The number of rotatable bonds is 3. The van der Waals surface area contributed by atoms with Gasteiger partial charge in [-0.3, -0.25) is 4.98 Å². The summed E-state index contributed by atoms with van der Waals surface area (Å²) in [6.07, 6.45) is -2.77. The quantitative estimate of drug-likeness (QED) is 0.724. The van der Waals surface area contributed by atoms with Crippen molar-refractivity contribution in [1.82, 2.24) is 4.98 Å². The van der Waals surface area contributed by atoms with E-state index in [4.69, 9.17) is 4.74 Å². The number of ether oxygens (including phenoxy) is 1. The minimum absolute atomic E-state index is 0.0713. The van der Waals surface area contributed by atoms with Crippen molar-refractivity contribution in [2.45, 2.75) is 12.2 Å². The maximum atomic E-state index is 13.0. The molecular formula is C21H20F3N2O2+. The highest BCUT2D eigenvalue weighted by molar-refractivity contribution is 5.85. The minimum atomic E-state index is -4.38. The van der Waals surface area contributed by atoms with E-state index in [1.165, 1.54) is 12.1 Å². The number of phenolic OH excluding ortho intramolecular Hbond substituents is 1. The highest BCUT2D eigenvalue weighted by Crippen LogP contribution is 2.35. The van der Waals surface area contributed by atoms with Crippen LogP contribution < -0.4 is 4.90 Å². The molecule has 1 aromatic heterocycles. The van der Waals surface area contributed by atoms with Crippen molar-refractivity contribution in [3.63, 3.8) is 0 Å². The van der Waals surface area contributed by atoms with Gasteiger partial charge >= 0.3 is 6.18 Å². The lowest BCUT2D eigenvalue weighted by Gasteiger charge is -2.32. The molecule has 0 aliphatic carbocycles. The summed E-state index contributed by atoms with van der Waals surface area (Å²) >= 11 is 0. The number of morpholine rings is 1. The third-order valence-electron chi connectivity index (χ3n) is 5.20. The molecule has 3 aromatic rings. The molecule has 0 saturated carbocycles. The van der Waals surface area contributed by atoms with Crippen LogP contribution in [0, 0.1) is 0 Å². The number of pyridine rings is 1. The molecule has 2 heterocycles. The first kappa shape index (κ1) is 18.7. The van der Waals surface area contributed by atoms with Gasteiger partial charge < -0.3 is 14.7 Å². The Kier molecular flexibility index (Phi) is 4.95. The Hall–Kier alpha value is -2.64. The number of benzene rings is 2. The maximum absolute atomic E-state index is 13.0. The van der Waals surface area contributed by atoms with Crippen LogP contribution in [0.25, 0.3) is 10.9 Å². The van der Waals surface area contributed by atoms with Gasteiger partial charge in [-0.1, -0.05) is 24.3 Å². The standard InChI is InChI=1S/C21H19F3N2O2/c22-21(23,24)16-6-3-15(4-7-16)19(26-10-12-28-13-11-26)17-8-5-14-2-1-9-25-18(14)20(17)27/h1-9,19,27H,10-13H2/p+1/t19-/m0/s1. The summed E-state index contributed by atoms with van der Waals surface area (Å²) in [6.45, 7) is 2.54. The fourth-order valence-corrected chi connectivity index (χ4v) is 3.80. The Labute approximate surface area is 160 Å². The molecule has 1 saturated heterocycles. The second-order valence-electron chi connectivity index (χ2n) is 6.90. The monoisotopic (exact) mass is 389 g/mol. The van der Waals surface area contributed by atoms with Gasteiger partial charge in [0.15, 0.2) is 5.75 Å². The predicted octanol–water partition coefficient (Wildman–Crippen LogP) is 2.96. The van der Waals surface area contributed by atoms with Crippen molar-refractivity contribution in [1.29, 1.82) is 0 Å². The Morgan fingerprint density at radius 2 is 1.71 bits per heavy atom. The van der Waals surface area contributed by atoms with Gasteiger partial charge in [0.1, 0.15) is 24.6 Å². The molecule has 2 N–H and O–H groups in total. The molecule has 0 radical (unpaired) electrons. The third kappa shape index (κ3) is 3.55. The van der Waals surface area contributed by atoms with E-state index in [0.29, 0.717) is 37.4 Å². The number of aromatic hydroxyl groups is 1. The van der Waals surface area contributed by atoms with E-state index in [-0.39, 0.29) is 11.8 Å². The van der Waals surface area contributed by atoms with Crippen LogP contribution in [0.4, 0.5) is 13.2 Å². The second kappa shape index (κ2) is 7.41. The van der Waals surface area contributed by atoms with Crippen molar-refractivity contribution in [3.05, 3.63) is 71.4 Å². The molecule has 0 spiro atoms. The Morgan fingerprint density at radius 3 is 2.39 bits per heavy atom. The second-order valence-corrected chi connectivity index (χ2v) is 6.90. The van der Waals surface area contributed by atoms with Crippen LogP contribution in [0.5, 0.6) is 5.75 Å². The van der Waals surface area contributed by atoms with E-state index in [0.717, 1.165) is 28.0 Å². The van der Waals surface area contributed by atoms with Crippen LogP contribution in [0.2, 0.25) is 0 Å². The molecular weight excluding hydrogens is 369 g/mol. The Morgan fingerprint density at radius 1 is 1.00 bits per heavy atom. The number of quaternary nitrogens is 1. The number of nitrogens with zero attached hydrogens (tertiary/aromatic N) is 1. The average molecular weight is 389 g/mol. The third-order valence-corrected chi connectivity index (χ3v) is 5.20. The van der Waals surface area contributed by atoms with Gasteiger partial charge in [0.05, 0.1) is 24.3 Å². The van der Waals surface area contributed by atoms with E-state index in [1.807, 2.05) is 18.2 Å². The summed E-state index contributed by atoms with van der Waals surface area (Å²) in [6, 6.07) is 12.3. The number of alkyl halides is 3. The lowest BCUT2D eigenvalue weighted by Crippen LogP contribution is -3.14. The van der Waals surface area contributed by atoms with Gasteiger partial charge in [0, 0.05) is 17.1 Å². The number of hydrogen-bond acceptors (Lipinski definition) is 3. The predicted molar refractivity (Wildman–Crippen MR) is 98.2 cm³/mol. The van der Waals surface area contributed by atoms with Crippen LogP contribution in [-0.4, -0.2) is 36.4 Å². The molecule has 0 amide bonds. The Bertz CT molecular complexity index is 968. The van der Waals surface area contributed by atoms with Gasteiger partial charge in [-0.05, 0) is 24.3 Å². The molecule has 1 aliphatic heterocycles. The first-order valence-corrected chi connectivity index (χ1v) is 9.11. The first-order chi connectivity index (χ1) is 13.4. The van der Waals surface area contributed by atoms with Gasteiger partial charge in [-0.15, -0.1) is 0 Å². The summed E-state index contributed by atoms with van der Waals surface area (Å²) < 4.78 is 44.3. The maximum Gasteiger partial charge on any atom is 0.416 e. The van der Waals surface area contributed by atoms with Crippen LogP contribution in [-0.2, 0) is 10.9 Å². The van der Waals surface area contributed by atoms with Crippen molar-refractivity contribution in [2.24, 2.45) is 0 Å². The molecule has 4 nitrogen and oxygen atoms in total. The minimum Gasteiger partial charge on any atom is -0.505 e. The summed E-state index contributed by atoms with van der Waals surface area (Å²) in [5.74, 6) is 0.0713. The van der Waals surface area contributed by atoms with Gasteiger partial charge in [-0.2, -0.15) is 13.2 Å². The molecule has 7 heteroatoms. The molecule has 1 atom stereocenters. The van der Waals surface area contributed by atoms with E-state index < -0.39 is 11.7 Å². The zero-order valence-electron chi connectivity index (χ0n) is 15.0. The normalized spacial score (nSPS) is 17.0. The van der Waals surface area contributed by atoms with Gasteiger partial charge in [0.2, 0.25) is 0 Å². The molecule has 146 valence electrons. The fraction of sp³-hybridized carbons (Fsp3) is 0.286. The number of fused-ring (bicyclic) bond motifs is 1. The molecule has 2 aromatic carbocycles. The number of nitrogens with one attached hydrogen (secondary N) is 1. The summed E-state index contributed by atoms with van der Waals surface area (Å²) in [5.41, 5.74) is 1.18. The van der Waals surface area contributed by atoms with Crippen molar-refractivity contribution in [2.75, 3.05) is 26.3 Å². The summed E-state index contributed by atoms with van der Waals surface area (Å²) in [4.78, 5) is 5.41. The highest BCUT2D eigenvalue weighted by Gasteiger charge is 2.33. The SMILES string of the molecule is Oc1c([C@H](c2ccc(C(F)(F)F)cc2)[NH+]2CCOCC2)ccc2cccnc12. The average Bonchev–Trinajstić information content (AvgIpc) is 2.71. The van der Waals surface area contributed by atoms with Crippen molar-refractivity contribution in [3.8, 4) is 5.75 Å². The van der Waals surface area contributed by atoms with E-state index in [1.54, 1.807) is 12.3 Å². The topological polar surface area (TPSA) is 46.8 Å².